The fraction of sp³-hybridized carbons (Fsp3) is 0. The standard InChI is InChI=1S/C58H34N2S3/c1-2-13-37(14-3-1)58-59-50(36-29-27-35(28-30-36)39-18-10-21-46-42-15-4-7-24-52(42)61-55(39)46)34-51(60-58)49-33-38(40-19-11-22-47-43-16-5-8-25-53(43)62-56(40)47)31-32-41(49)45-20-12-23-48-44-17-6-9-26-54(44)63-57(45)48/h1-34H. The van der Waals surface area contributed by atoms with E-state index in [1.54, 1.807) is 0 Å². The third kappa shape index (κ3) is 6.04. The van der Waals surface area contributed by atoms with Gasteiger partial charge in [-0.05, 0) is 58.1 Å². The highest BCUT2D eigenvalue weighted by molar-refractivity contribution is 7.27. The molecule has 0 aliphatic carbocycles. The third-order valence-electron chi connectivity index (χ3n) is 12.4. The molecule has 4 heterocycles. The summed E-state index contributed by atoms with van der Waals surface area (Å²) in [5.41, 5.74) is 12.0. The highest BCUT2D eigenvalue weighted by Gasteiger charge is 2.20. The van der Waals surface area contributed by atoms with E-state index >= 15 is 0 Å². The van der Waals surface area contributed by atoms with Crippen LogP contribution < -0.4 is 0 Å². The van der Waals surface area contributed by atoms with Crippen LogP contribution in [0.1, 0.15) is 0 Å². The van der Waals surface area contributed by atoms with Crippen molar-refractivity contribution in [3.63, 3.8) is 0 Å². The minimum atomic E-state index is 0.699. The summed E-state index contributed by atoms with van der Waals surface area (Å²) in [7, 11) is 0. The quantitative estimate of drug-likeness (QED) is 0.167. The van der Waals surface area contributed by atoms with Crippen molar-refractivity contribution < 1.29 is 0 Å². The summed E-state index contributed by atoms with van der Waals surface area (Å²) in [5, 5.41) is 7.77. The lowest BCUT2D eigenvalue weighted by Gasteiger charge is -2.16. The predicted molar refractivity (Wildman–Crippen MR) is 273 cm³/mol. The molecule has 0 bridgehead atoms. The van der Waals surface area contributed by atoms with Gasteiger partial charge in [-0.15, -0.1) is 34.0 Å². The Labute approximate surface area is 375 Å². The Morgan fingerprint density at radius 1 is 0.254 bits per heavy atom. The second-order valence-corrected chi connectivity index (χ2v) is 19.2. The van der Waals surface area contributed by atoms with Crippen molar-refractivity contribution in [2.24, 2.45) is 0 Å². The van der Waals surface area contributed by atoms with E-state index in [0.717, 1.165) is 39.2 Å². The minimum absolute atomic E-state index is 0.699. The van der Waals surface area contributed by atoms with Gasteiger partial charge in [0.25, 0.3) is 0 Å². The maximum atomic E-state index is 5.46. The molecule has 0 aliphatic heterocycles. The molecule has 294 valence electrons. The van der Waals surface area contributed by atoms with E-state index in [1.165, 1.54) is 82.8 Å². The van der Waals surface area contributed by atoms with Gasteiger partial charge in [0.15, 0.2) is 5.82 Å². The summed E-state index contributed by atoms with van der Waals surface area (Å²) >= 11 is 5.59. The van der Waals surface area contributed by atoms with Gasteiger partial charge in [-0.1, -0.05) is 176 Å². The van der Waals surface area contributed by atoms with Crippen molar-refractivity contribution in [3.05, 3.63) is 206 Å². The molecule has 0 aliphatic rings. The summed E-state index contributed by atoms with van der Waals surface area (Å²) in [6, 6.07) is 74.8. The lowest BCUT2D eigenvalue weighted by atomic mass is 9.91. The van der Waals surface area contributed by atoms with Crippen molar-refractivity contribution in [2.75, 3.05) is 0 Å². The second-order valence-electron chi connectivity index (χ2n) is 16.0. The Balaban J connectivity index is 1.02. The van der Waals surface area contributed by atoms with Gasteiger partial charge in [0.05, 0.1) is 11.4 Å². The van der Waals surface area contributed by atoms with Gasteiger partial charge in [-0.25, -0.2) is 9.97 Å². The Bertz CT molecular complexity index is 3910. The zero-order valence-electron chi connectivity index (χ0n) is 33.7. The molecule has 9 aromatic carbocycles. The predicted octanol–water partition coefficient (Wildman–Crippen LogP) is 17.6. The van der Waals surface area contributed by atoms with Crippen molar-refractivity contribution in [1.29, 1.82) is 0 Å². The molecule has 0 saturated carbocycles. The smallest absolute Gasteiger partial charge is 0.160 e. The summed E-state index contributed by atoms with van der Waals surface area (Å²) < 4.78 is 7.79. The molecule has 0 saturated heterocycles. The second kappa shape index (κ2) is 14.7. The van der Waals surface area contributed by atoms with Gasteiger partial charge in [-0.2, -0.15) is 0 Å². The monoisotopic (exact) mass is 854 g/mol. The van der Waals surface area contributed by atoms with Crippen molar-refractivity contribution >= 4 is 94.5 Å². The van der Waals surface area contributed by atoms with Crippen molar-refractivity contribution in [2.45, 2.75) is 0 Å². The van der Waals surface area contributed by atoms with E-state index in [9.17, 15) is 0 Å². The Kier molecular flexibility index (Phi) is 8.48. The molecule has 0 spiro atoms. The lowest BCUT2D eigenvalue weighted by Crippen LogP contribution is -1.97. The summed E-state index contributed by atoms with van der Waals surface area (Å²) in [6.07, 6.45) is 0. The van der Waals surface area contributed by atoms with E-state index in [1.807, 2.05) is 40.1 Å². The number of hydrogen-bond acceptors (Lipinski definition) is 5. The average Bonchev–Trinajstić information content (AvgIpc) is 4.06. The van der Waals surface area contributed by atoms with Crippen LogP contribution >= 0.6 is 34.0 Å². The molecule has 0 radical (unpaired) electrons. The Hall–Kier alpha value is -7.28. The highest BCUT2D eigenvalue weighted by Crippen LogP contribution is 2.46. The molecule has 5 heteroatoms. The molecular formula is C58H34N2S3. The van der Waals surface area contributed by atoms with Crippen molar-refractivity contribution in [1.82, 2.24) is 9.97 Å². The molecule has 4 aromatic heterocycles. The van der Waals surface area contributed by atoms with Gasteiger partial charge in [0, 0.05) is 82.8 Å². The number of fused-ring (bicyclic) bond motifs is 9. The molecule has 63 heavy (non-hydrogen) atoms. The topological polar surface area (TPSA) is 25.8 Å². The van der Waals surface area contributed by atoms with Crippen LogP contribution in [0.4, 0.5) is 0 Å². The summed E-state index contributed by atoms with van der Waals surface area (Å²) in [4.78, 5) is 10.8. The zero-order chi connectivity index (χ0) is 41.4. The van der Waals surface area contributed by atoms with Crippen LogP contribution in [-0.4, -0.2) is 9.97 Å². The lowest BCUT2D eigenvalue weighted by molar-refractivity contribution is 1.18. The first-order valence-electron chi connectivity index (χ1n) is 21.1. The van der Waals surface area contributed by atoms with Gasteiger partial charge in [0.1, 0.15) is 0 Å². The third-order valence-corrected chi connectivity index (χ3v) is 16.0. The van der Waals surface area contributed by atoms with Crippen LogP contribution in [0.5, 0.6) is 0 Å². The minimum Gasteiger partial charge on any atom is -0.228 e. The van der Waals surface area contributed by atoms with Crippen LogP contribution in [-0.2, 0) is 0 Å². The first kappa shape index (κ1) is 36.4. The van der Waals surface area contributed by atoms with E-state index in [2.05, 4.69) is 200 Å². The highest BCUT2D eigenvalue weighted by atomic mass is 32.1. The molecule has 0 amide bonds. The number of nitrogens with zero attached hydrogens (tertiary/aromatic N) is 2. The largest absolute Gasteiger partial charge is 0.228 e. The summed E-state index contributed by atoms with van der Waals surface area (Å²) in [6.45, 7) is 0. The van der Waals surface area contributed by atoms with Crippen LogP contribution in [0.25, 0.3) is 128 Å². The fourth-order valence-electron chi connectivity index (χ4n) is 9.34. The number of aromatic nitrogens is 2. The molecule has 0 unspecified atom stereocenters. The Morgan fingerprint density at radius 2 is 0.698 bits per heavy atom. The molecule has 2 nitrogen and oxygen atoms in total. The average molecular weight is 855 g/mol. The van der Waals surface area contributed by atoms with Crippen LogP contribution in [0.3, 0.4) is 0 Å². The van der Waals surface area contributed by atoms with Crippen LogP contribution in [0.15, 0.2) is 206 Å². The van der Waals surface area contributed by atoms with Crippen molar-refractivity contribution in [3.8, 4) is 67.3 Å². The molecule has 0 atom stereocenters. The number of thiophene rings is 3. The SMILES string of the molecule is c1ccc(-c2nc(-c3ccc(-c4cccc5c4sc4ccccc45)cc3)cc(-c3cc(-c4cccc5c4sc4ccccc45)ccc3-c3cccc4c3sc3ccccc34)n2)cc1. The van der Waals surface area contributed by atoms with Gasteiger partial charge in [-0.3, -0.25) is 0 Å². The Morgan fingerprint density at radius 3 is 1.29 bits per heavy atom. The maximum absolute atomic E-state index is 5.46. The maximum Gasteiger partial charge on any atom is 0.160 e. The van der Waals surface area contributed by atoms with Gasteiger partial charge >= 0.3 is 0 Å². The first-order valence-corrected chi connectivity index (χ1v) is 23.6. The van der Waals surface area contributed by atoms with Gasteiger partial charge < -0.3 is 0 Å². The van der Waals surface area contributed by atoms with Gasteiger partial charge in [0.2, 0.25) is 0 Å². The van der Waals surface area contributed by atoms with E-state index in [-0.39, 0.29) is 0 Å². The fourth-order valence-corrected chi connectivity index (χ4v) is 13.0. The first-order chi connectivity index (χ1) is 31.2. The molecule has 13 rings (SSSR count). The number of rotatable bonds is 6. The summed E-state index contributed by atoms with van der Waals surface area (Å²) in [5.74, 6) is 0.699. The molecular weight excluding hydrogens is 821 g/mol. The van der Waals surface area contributed by atoms with E-state index in [0.29, 0.717) is 5.82 Å². The van der Waals surface area contributed by atoms with Crippen LogP contribution in [0, 0.1) is 0 Å². The molecule has 0 fully saturated rings. The number of hydrogen-bond donors (Lipinski definition) is 0. The van der Waals surface area contributed by atoms with E-state index in [4.69, 9.17) is 9.97 Å². The number of benzene rings is 9. The molecule has 0 N–H and O–H groups in total. The van der Waals surface area contributed by atoms with E-state index < -0.39 is 0 Å². The zero-order valence-corrected chi connectivity index (χ0v) is 36.2. The van der Waals surface area contributed by atoms with Crippen LogP contribution in [0.2, 0.25) is 0 Å². The molecule has 13 aromatic rings. The normalized spacial score (nSPS) is 11.8.